The molecule has 1 heterocycles. The molecule has 0 radical (unpaired) electrons. The molecule has 1 aromatic carbocycles. The highest BCUT2D eigenvalue weighted by Crippen LogP contribution is 2.21. The van der Waals surface area contributed by atoms with E-state index >= 15 is 0 Å². The molecule has 19 heavy (non-hydrogen) atoms. The zero-order chi connectivity index (χ0) is 13.9. The quantitative estimate of drug-likeness (QED) is 0.730. The fraction of sp³-hybridized carbons (Fsp3) is 0.462. The van der Waals surface area contributed by atoms with Crippen molar-refractivity contribution in [3.05, 3.63) is 28.2 Å². The maximum atomic E-state index is 12.1. The zero-order valence-corrected chi connectivity index (χ0v) is 12.1. The van der Waals surface area contributed by atoms with Gasteiger partial charge < -0.3 is 20.9 Å². The van der Waals surface area contributed by atoms with Crippen molar-refractivity contribution < 1.29 is 14.6 Å². The summed E-state index contributed by atoms with van der Waals surface area (Å²) in [6, 6.07) is 5.05. The molecule has 2 rings (SSSR count). The van der Waals surface area contributed by atoms with Gasteiger partial charge in [-0.3, -0.25) is 4.79 Å². The fourth-order valence-corrected chi connectivity index (χ4v) is 2.41. The summed E-state index contributed by atoms with van der Waals surface area (Å²) in [5.41, 5.74) is 5.78. The summed E-state index contributed by atoms with van der Waals surface area (Å²) in [5, 5.41) is 13.0. The molecule has 0 saturated carbocycles. The number of aliphatic hydroxyl groups is 1. The highest BCUT2D eigenvalue weighted by molar-refractivity contribution is 9.10. The predicted molar refractivity (Wildman–Crippen MR) is 75.9 cm³/mol. The Morgan fingerprint density at radius 2 is 2.16 bits per heavy atom. The Bertz CT molecular complexity index is 473. The van der Waals surface area contributed by atoms with Gasteiger partial charge in [-0.1, -0.05) is 0 Å². The lowest BCUT2D eigenvalue weighted by atomic mass is 9.94. The van der Waals surface area contributed by atoms with Crippen molar-refractivity contribution in [2.45, 2.75) is 18.4 Å². The summed E-state index contributed by atoms with van der Waals surface area (Å²) in [4.78, 5) is 12.1. The molecule has 0 spiro atoms. The minimum atomic E-state index is -0.874. The first-order valence-corrected chi connectivity index (χ1v) is 6.93. The van der Waals surface area contributed by atoms with Crippen molar-refractivity contribution in [3.8, 4) is 0 Å². The number of ether oxygens (including phenoxy) is 1. The maximum Gasteiger partial charge on any atom is 0.252 e. The monoisotopic (exact) mass is 328 g/mol. The van der Waals surface area contributed by atoms with Crippen LogP contribution in [0.1, 0.15) is 23.2 Å². The molecule has 0 atom stereocenters. The van der Waals surface area contributed by atoms with E-state index in [4.69, 9.17) is 10.5 Å². The number of rotatable bonds is 3. The Labute approximate surface area is 120 Å². The van der Waals surface area contributed by atoms with E-state index in [0.29, 0.717) is 41.8 Å². The second-order valence-electron chi connectivity index (χ2n) is 4.76. The zero-order valence-electron chi connectivity index (χ0n) is 10.5. The van der Waals surface area contributed by atoms with E-state index in [9.17, 15) is 9.90 Å². The molecular formula is C13H17BrN2O3. The molecule has 104 valence electrons. The topological polar surface area (TPSA) is 84.6 Å². The van der Waals surface area contributed by atoms with Crippen molar-refractivity contribution in [2.75, 3.05) is 25.5 Å². The van der Waals surface area contributed by atoms with Gasteiger partial charge in [-0.15, -0.1) is 0 Å². The van der Waals surface area contributed by atoms with Gasteiger partial charge in [-0.05, 0) is 34.1 Å². The lowest BCUT2D eigenvalue weighted by molar-refractivity contribution is -0.0605. The number of carbonyl (C=O) groups excluding carboxylic acids is 1. The molecule has 1 fully saturated rings. The Morgan fingerprint density at radius 1 is 1.47 bits per heavy atom. The van der Waals surface area contributed by atoms with Gasteiger partial charge in [0.2, 0.25) is 0 Å². The number of halogens is 1. The van der Waals surface area contributed by atoms with Crippen LogP contribution in [0.5, 0.6) is 0 Å². The minimum absolute atomic E-state index is 0.219. The molecule has 0 aromatic heterocycles. The standard InChI is InChI=1S/C13H17BrN2O3/c14-11-2-1-9(15)7-10(11)12(17)16-8-13(18)3-5-19-6-4-13/h1-2,7,18H,3-6,8,15H2,(H,16,17). The van der Waals surface area contributed by atoms with Crippen molar-refractivity contribution in [2.24, 2.45) is 0 Å². The fourth-order valence-electron chi connectivity index (χ4n) is 1.99. The van der Waals surface area contributed by atoms with Gasteiger partial charge in [-0.2, -0.15) is 0 Å². The van der Waals surface area contributed by atoms with E-state index in [2.05, 4.69) is 21.2 Å². The van der Waals surface area contributed by atoms with Crippen molar-refractivity contribution in [3.63, 3.8) is 0 Å². The molecular weight excluding hydrogens is 312 g/mol. The largest absolute Gasteiger partial charge is 0.399 e. The molecule has 0 unspecified atom stereocenters. The number of hydrogen-bond donors (Lipinski definition) is 3. The van der Waals surface area contributed by atoms with Crippen molar-refractivity contribution in [1.29, 1.82) is 0 Å². The Morgan fingerprint density at radius 3 is 2.84 bits per heavy atom. The van der Waals surface area contributed by atoms with Crippen molar-refractivity contribution >= 4 is 27.5 Å². The van der Waals surface area contributed by atoms with Gasteiger partial charge in [0.25, 0.3) is 5.91 Å². The SMILES string of the molecule is Nc1ccc(Br)c(C(=O)NCC2(O)CCOCC2)c1. The number of amides is 1. The molecule has 1 aromatic rings. The summed E-state index contributed by atoms with van der Waals surface area (Å²) in [6.07, 6.45) is 1.07. The Balaban J connectivity index is 1.99. The Hall–Kier alpha value is -1.11. The van der Waals surface area contributed by atoms with Crippen LogP contribution in [-0.4, -0.2) is 36.4 Å². The summed E-state index contributed by atoms with van der Waals surface area (Å²) >= 11 is 3.31. The van der Waals surface area contributed by atoms with E-state index in [0.717, 1.165) is 0 Å². The summed E-state index contributed by atoms with van der Waals surface area (Å²) in [7, 11) is 0. The van der Waals surface area contributed by atoms with Gasteiger partial charge in [-0.25, -0.2) is 0 Å². The number of nitrogens with two attached hydrogens (primary N) is 1. The molecule has 4 N–H and O–H groups in total. The smallest absolute Gasteiger partial charge is 0.252 e. The molecule has 1 amide bonds. The summed E-state index contributed by atoms with van der Waals surface area (Å²) in [5.74, 6) is -0.251. The number of carbonyl (C=O) groups is 1. The van der Waals surface area contributed by atoms with Crippen LogP contribution in [0.15, 0.2) is 22.7 Å². The number of nitrogen functional groups attached to an aromatic ring is 1. The van der Waals surface area contributed by atoms with Gasteiger partial charge in [0, 0.05) is 42.8 Å². The minimum Gasteiger partial charge on any atom is -0.399 e. The Kier molecular flexibility index (Phi) is 4.44. The van der Waals surface area contributed by atoms with Crippen LogP contribution in [0.25, 0.3) is 0 Å². The van der Waals surface area contributed by atoms with Crippen LogP contribution in [0.3, 0.4) is 0 Å². The summed E-state index contributed by atoms with van der Waals surface area (Å²) < 4.78 is 5.87. The first-order valence-electron chi connectivity index (χ1n) is 6.13. The lowest BCUT2D eigenvalue weighted by Gasteiger charge is -2.32. The van der Waals surface area contributed by atoms with E-state index in [1.165, 1.54) is 0 Å². The third-order valence-corrected chi connectivity index (χ3v) is 3.93. The normalized spacial score (nSPS) is 18.0. The van der Waals surface area contributed by atoms with Gasteiger partial charge in [0.1, 0.15) is 0 Å². The molecule has 0 bridgehead atoms. The van der Waals surface area contributed by atoms with Crippen LogP contribution in [0.4, 0.5) is 5.69 Å². The second kappa shape index (κ2) is 5.90. The number of benzene rings is 1. The number of anilines is 1. The molecule has 6 heteroatoms. The van der Waals surface area contributed by atoms with E-state index in [1.807, 2.05) is 0 Å². The predicted octanol–water partition coefficient (Wildman–Crippen LogP) is 1.30. The van der Waals surface area contributed by atoms with Crippen LogP contribution in [0, 0.1) is 0 Å². The van der Waals surface area contributed by atoms with Crippen molar-refractivity contribution in [1.82, 2.24) is 5.32 Å². The first-order chi connectivity index (χ1) is 9.00. The van der Waals surface area contributed by atoms with Crippen LogP contribution in [-0.2, 0) is 4.74 Å². The van der Waals surface area contributed by atoms with Gasteiger partial charge in [0.05, 0.1) is 11.2 Å². The average Bonchev–Trinajstić information content (AvgIpc) is 2.40. The second-order valence-corrected chi connectivity index (χ2v) is 5.61. The first kappa shape index (κ1) is 14.3. The van der Waals surface area contributed by atoms with Crippen LogP contribution in [0.2, 0.25) is 0 Å². The van der Waals surface area contributed by atoms with Crippen LogP contribution >= 0.6 is 15.9 Å². The summed E-state index contributed by atoms with van der Waals surface area (Å²) in [6.45, 7) is 1.26. The molecule has 5 nitrogen and oxygen atoms in total. The van der Waals surface area contributed by atoms with Crippen LogP contribution < -0.4 is 11.1 Å². The third-order valence-electron chi connectivity index (χ3n) is 3.24. The highest BCUT2D eigenvalue weighted by Gasteiger charge is 2.30. The van der Waals surface area contributed by atoms with E-state index in [1.54, 1.807) is 18.2 Å². The maximum absolute atomic E-state index is 12.1. The van der Waals surface area contributed by atoms with E-state index in [-0.39, 0.29) is 12.5 Å². The lowest BCUT2D eigenvalue weighted by Crippen LogP contribution is -2.46. The molecule has 1 saturated heterocycles. The third kappa shape index (κ3) is 3.68. The molecule has 1 aliphatic rings. The molecule has 0 aliphatic carbocycles. The van der Waals surface area contributed by atoms with Gasteiger partial charge >= 0.3 is 0 Å². The average molecular weight is 329 g/mol. The molecule has 1 aliphatic heterocycles. The highest BCUT2D eigenvalue weighted by atomic mass is 79.9. The van der Waals surface area contributed by atoms with Gasteiger partial charge in [0.15, 0.2) is 0 Å². The number of hydrogen-bond acceptors (Lipinski definition) is 4. The number of nitrogens with one attached hydrogen (secondary N) is 1. The van der Waals surface area contributed by atoms with E-state index < -0.39 is 5.60 Å².